The van der Waals surface area contributed by atoms with Gasteiger partial charge in [-0.1, -0.05) is 25.1 Å². The molecule has 0 radical (unpaired) electrons. The van der Waals surface area contributed by atoms with E-state index in [1.807, 2.05) is 18.7 Å². The molecule has 1 aromatic carbocycles. The van der Waals surface area contributed by atoms with Gasteiger partial charge in [-0.3, -0.25) is 4.79 Å². The number of aryl methyl sites for hydroxylation is 1. The summed E-state index contributed by atoms with van der Waals surface area (Å²) >= 11 is 0. The maximum absolute atomic E-state index is 13.5. The number of aromatic nitrogens is 5. The minimum atomic E-state index is -0.832. The lowest BCUT2D eigenvalue weighted by atomic mass is 10.1. The highest BCUT2D eigenvalue weighted by molar-refractivity contribution is 5.76. The van der Waals surface area contributed by atoms with Gasteiger partial charge in [-0.15, -0.1) is 5.10 Å². The Kier molecular flexibility index (Phi) is 8.32. The van der Waals surface area contributed by atoms with Crippen molar-refractivity contribution in [1.29, 1.82) is 0 Å². The summed E-state index contributed by atoms with van der Waals surface area (Å²) in [7, 11) is 0. The predicted octanol–water partition coefficient (Wildman–Crippen LogP) is 3.27. The maximum atomic E-state index is 13.5. The largest absolute Gasteiger partial charge is 0.351 e. The quantitative estimate of drug-likeness (QED) is 0.381. The van der Waals surface area contributed by atoms with Gasteiger partial charge < -0.3 is 15.1 Å². The topological polar surface area (TPSA) is 115 Å². The summed E-state index contributed by atoms with van der Waals surface area (Å²) in [6.07, 6.45) is 9.38. The molecular formula is C28H33F2N7O3. The molecule has 1 N–H and O–H groups in total. The molecule has 2 aromatic heterocycles. The molecular weight excluding hydrogens is 520 g/mol. The molecule has 40 heavy (non-hydrogen) atoms. The van der Waals surface area contributed by atoms with Crippen molar-refractivity contribution in [2.24, 2.45) is 5.92 Å². The Hall–Kier alpha value is -3.96. The van der Waals surface area contributed by atoms with E-state index in [1.54, 1.807) is 18.6 Å². The number of amides is 1. The third-order valence-electron chi connectivity index (χ3n) is 7.60. The van der Waals surface area contributed by atoms with E-state index in [4.69, 9.17) is 4.84 Å². The number of likely N-dealkylation sites (tertiary alicyclic amines) is 1. The highest BCUT2D eigenvalue weighted by atomic mass is 19.2. The van der Waals surface area contributed by atoms with Crippen molar-refractivity contribution >= 4 is 17.8 Å². The molecule has 1 fully saturated rings. The van der Waals surface area contributed by atoms with E-state index in [-0.39, 0.29) is 29.8 Å². The number of nitrogens with one attached hydrogen (secondary N) is 1. The minimum Gasteiger partial charge on any atom is -0.351 e. The molecule has 2 atom stereocenters. The van der Waals surface area contributed by atoms with Crippen LogP contribution in [0.2, 0.25) is 0 Å². The molecule has 1 amide bonds. The van der Waals surface area contributed by atoms with Crippen LogP contribution < -0.4 is 10.2 Å². The summed E-state index contributed by atoms with van der Waals surface area (Å²) in [5.41, 5.74) is 3.13. The molecule has 0 bridgehead atoms. The fourth-order valence-corrected chi connectivity index (χ4v) is 5.32. The number of halogens is 2. The molecule has 0 spiro atoms. The number of carbonyl (C=O) groups is 2. The molecule has 5 rings (SSSR count). The van der Waals surface area contributed by atoms with Crippen LogP contribution in [0.4, 0.5) is 14.7 Å². The number of benzene rings is 1. The Balaban J connectivity index is 1.06. The molecule has 2 aliphatic rings. The summed E-state index contributed by atoms with van der Waals surface area (Å²) in [5.74, 6) is -1.70. The molecule has 1 aliphatic carbocycles. The van der Waals surface area contributed by atoms with Gasteiger partial charge in [-0.2, -0.15) is 0 Å². The first kappa shape index (κ1) is 27.6. The molecule has 0 saturated carbocycles. The lowest BCUT2D eigenvalue weighted by Crippen LogP contribution is -2.28. The molecule has 212 valence electrons. The van der Waals surface area contributed by atoms with Crippen molar-refractivity contribution in [1.82, 2.24) is 30.0 Å². The van der Waals surface area contributed by atoms with E-state index in [1.165, 1.54) is 12.1 Å². The monoisotopic (exact) mass is 553 g/mol. The molecule has 10 nitrogen and oxygen atoms in total. The zero-order valence-electron chi connectivity index (χ0n) is 22.6. The zero-order chi connectivity index (χ0) is 28.2. The van der Waals surface area contributed by atoms with E-state index in [0.717, 1.165) is 40.8 Å². The van der Waals surface area contributed by atoms with E-state index >= 15 is 0 Å². The van der Waals surface area contributed by atoms with Gasteiger partial charge in [0.25, 0.3) is 0 Å². The predicted molar refractivity (Wildman–Crippen MR) is 141 cm³/mol. The smallest absolute Gasteiger partial charge is 0.337 e. The lowest BCUT2D eigenvalue weighted by molar-refractivity contribution is -0.150. The van der Waals surface area contributed by atoms with Gasteiger partial charge in [-0.05, 0) is 66.1 Å². The third kappa shape index (κ3) is 6.43. The first-order valence-electron chi connectivity index (χ1n) is 13.8. The lowest BCUT2D eigenvalue weighted by Gasteiger charge is -2.16. The number of nitrogens with zero attached hydrogens (tertiary/aromatic N) is 6. The van der Waals surface area contributed by atoms with E-state index in [0.29, 0.717) is 50.4 Å². The number of carbonyl (C=O) groups excluding carboxylic acids is 2. The van der Waals surface area contributed by atoms with Crippen LogP contribution in [-0.4, -0.2) is 61.0 Å². The van der Waals surface area contributed by atoms with Crippen LogP contribution in [0.1, 0.15) is 67.8 Å². The number of hydrogen-bond donors (Lipinski definition) is 1. The molecule has 1 aliphatic heterocycles. The molecule has 3 aromatic rings. The highest BCUT2D eigenvalue weighted by Crippen LogP contribution is 2.27. The third-order valence-corrected chi connectivity index (χ3v) is 7.60. The van der Waals surface area contributed by atoms with Crippen molar-refractivity contribution in [2.45, 2.75) is 70.8 Å². The molecule has 1 saturated heterocycles. The van der Waals surface area contributed by atoms with Crippen molar-refractivity contribution in [3.63, 3.8) is 0 Å². The van der Waals surface area contributed by atoms with Gasteiger partial charge in [-0.25, -0.2) is 23.5 Å². The van der Waals surface area contributed by atoms with Crippen LogP contribution in [0.5, 0.6) is 0 Å². The Labute approximate surface area is 231 Å². The normalized spacial score (nSPS) is 17.6. The van der Waals surface area contributed by atoms with Crippen LogP contribution in [0.15, 0.2) is 30.7 Å². The van der Waals surface area contributed by atoms with E-state index in [9.17, 15) is 18.4 Å². The zero-order valence-corrected chi connectivity index (χ0v) is 22.6. The van der Waals surface area contributed by atoms with Crippen LogP contribution in [-0.2, 0) is 28.9 Å². The second kappa shape index (κ2) is 12.1. The number of anilines is 1. The summed E-state index contributed by atoms with van der Waals surface area (Å²) in [6, 6.07) is 2.47. The van der Waals surface area contributed by atoms with Gasteiger partial charge in [0.05, 0.1) is 17.8 Å². The van der Waals surface area contributed by atoms with Crippen LogP contribution in [0.25, 0.3) is 0 Å². The Morgan fingerprint density at radius 1 is 1.15 bits per heavy atom. The van der Waals surface area contributed by atoms with Crippen LogP contribution >= 0.6 is 0 Å². The van der Waals surface area contributed by atoms with Gasteiger partial charge in [0.1, 0.15) is 0 Å². The van der Waals surface area contributed by atoms with Crippen molar-refractivity contribution in [2.75, 3.05) is 18.4 Å². The van der Waals surface area contributed by atoms with Gasteiger partial charge in [0, 0.05) is 43.9 Å². The second-order valence-corrected chi connectivity index (χ2v) is 10.7. The fourth-order valence-electron chi connectivity index (χ4n) is 5.32. The Morgan fingerprint density at radius 2 is 1.85 bits per heavy atom. The van der Waals surface area contributed by atoms with Gasteiger partial charge in [0.15, 0.2) is 11.6 Å². The summed E-state index contributed by atoms with van der Waals surface area (Å²) in [4.78, 5) is 41.9. The van der Waals surface area contributed by atoms with Gasteiger partial charge in [0.2, 0.25) is 11.9 Å². The van der Waals surface area contributed by atoms with Gasteiger partial charge >= 0.3 is 5.97 Å². The van der Waals surface area contributed by atoms with E-state index < -0.39 is 11.6 Å². The SMILES string of the molecule is CCCC(C)C(=O)On1cc(C2CCN(C(=O)CCc3cnc(NC4Cc5cc(F)c(F)cc5C4)nc3)C2)nn1. The Morgan fingerprint density at radius 3 is 2.52 bits per heavy atom. The fraction of sp³-hybridized carbons (Fsp3) is 0.500. The van der Waals surface area contributed by atoms with E-state index in [2.05, 4.69) is 25.6 Å². The standard InChI is InChI=1S/C28H33F2N7O3/c1-3-4-17(2)27(39)40-37-16-25(34-35-37)19-7-8-36(15-19)26(38)6-5-18-13-31-28(32-14-18)33-22-9-20-11-23(29)24(30)12-21(20)10-22/h11-14,16-17,19,22H,3-10,15H2,1-2H3,(H,31,32,33). The summed E-state index contributed by atoms with van der Waals surface area (Å²) < 4.78 is 27.0. The molecule has 3 heterocycles. The van der Waals surface area contributed by atoms with Crippen LogP contribution in [0.3, 0.4) is 0 Å². The second-order valence-electron chi connectivity index (χ2n) is 10.7. The summed E-state index contributed by atoms with van der Waals surface area (Å²) in [5, 5.41) is 11.3. The first-order chi connectivity index (χ1) is 19.3. The highest BCUT2D eigenvalue weighted by Gasteiger charge is 2.30. The van der Waals surface area contributed by atoms with Crippen molar-refractivity contribution in [3.8, 4) is 0 Å². The average molecular weight is 554 g/mol. The number of fused-ring (bicyclic) bond motifs is 1. The number of rotatable bonds is 10. The average Bonchev–Trinajstić information content (AvgIpc) is 3.68. The maximum Gasteiger partial charge on any atom is 0.337 e. The molecule has 2 unspecified atom stereocenters. The summed E-state index contributed by atoms with van der Waals surface area (Å²) in [6.45, 7) is 5.00. The van der Waals surface area contributed by atoms with Crippen LogP contribution in [0, 0.1) is 17.6 Å². The van der Waals surface area contributed by atoms with Crippen molar-refractivity contribution < 1.29 is 23.2 Å². The minimum absolute atomic E-state index is 0.0351. The number of hydrogen-bond acceptors (Lipinski definition) is 8. The Bertz CT molecular complexity index is 1330. The van der Waals surface area contributed by atoms with Crippen molar-refractivity contribution in [3.05, 3.63) is 64.7 Å². The molecule has 12 heteroatoms. The first-order valence-corrected chi connectivity index (χ1v) is 13.8.